The Balaban J connectivity index is 2.19. The first-order valence-corrected chi connectivity index (χ1v) is 6.73. The maximum absolute atomic E-state index is 10.5. The highest BCUT2D eigenvalue weighted by molar-refractivity contribution is 5.07. The molecule has 2 rings (SSSR count). The quantitative estimate of drug-likeness (QED) is 0.667. The van der Waals surface area contributed by atoms with Gasteiger partial charge >= 0.3 is 0 Å². The minimum Gasteiger partial charge on any atom is -0.390 e. The fraction of sp³-hybridized carbons (Fsp3) is 0.867. The molecule has 0 aromatic rings. The molecule has 0 aromatic carbocycles. The van der Waals surface area contributed by atoms with E-state index < -0.39 is 5.60 Å². The Labute approximate surface area is 99.9 Å². The molecular formula is C15H26O. The maximum Gasteiger partial charge on any atom is 0.0653 e. The van der Waals surface area contributed by atoms with Crippen LogP contribution in [-0.4, -0.2) is 10.7 Å². The molecule has 0 unspecified atom stereocenters. The molecule has 0 aliphatic heterocycles. The molecule has 0 spiro atoms. The fourth-order valence-electron chi connectivity index (χ4n) is 4.31. The van der Waals surface area contributed by atoms with E-state index in [2.05, 4.69) is 27.4 Å². The van der Waals surface area contributed by atoms with Gasteiger partial charge in [0.05, 0.1) is 5.60 Å². The van der Waals surface area contributed by atoms with Crippen LogP contribution in [0.4, 0.5) is 0 Å². The minimum absolute atomic E-state index is 0.351. The van der Waals surface area contributed by atoms with Crippen LogP contribution in [0.1, 0.15) is 59.3 Å². The molecule has 92 valence electrons. The van der Waals surface area contributed by atoms with E-state index in [4.69, 9.17) is 0 Å². The molecule has 0 radical (unpaired) electrons. The van der Waals surface area contributed by atoms with Crippen molar-refractivity contribution in [2.24, 2.45) is 17.3 Å². The van der Waals surface area contributed by atoms with Gasteiger partial charge in [-0.25, -0.2) is 0 Å². The summed E-state index contributed by atoms with van der Waals surface area (Å²) in [5.41, 5.74) is 1.27. The van der Waals surface area contributed by atoms with Crippen molar-refractivity contribution in [1.29, 1.82) is 0 Å². The van der Waals surface area contributed by atoms with E-state index in [9.17, 15) is 5.11 Å². The summed E-state index contributed by atoms with van der Waals surface area (Å²) in [6.45, 7) is 10.7. The smallest absolute Gasteiger partial charge is 0.0653 e. The van der Waals surface area contributed by atoms with E-state index in [-0.39, 0.29) is 0 Å². The molecule has 2 saturated carbocycles. The number of aliphatic hydroxyl groups is 1. The summed E-state index contributed by atoms with van der Waals surface area (Å²) in [6.07, 6.45) is 7.11. The zero-order valence-corrected chi connectivity index (χ0v) is 11.1. The third kappa shape index (κ3) is 1.95. The summed E-state index contributed by atoms with van der Waals surface area (Å²) in [5.74, 6) is 1.19. The van der Waals surface area contributed by atoms with Crippen LogP contribution in [0.25, 0.3) is 0 Å². The van der Waals surface area contributed by atoms with Crippen molar-refractivity contribution in [3.63, 3.8) is 0 Å². The number of hydrogen-bond donors (Lipinski definition) is 1. The average molecular weight is 222 g/mol. The second-order valence-corrected chi connectivity index (χ2v) is 6.74. The largest absolute Gasteiger partial charge is 0.390 e. The van der Waals surface area contributed by atoms with Crippen LogP contribution in [-0.2, 0) is 0 Å². The van der Waals surface area contributed by atoms with Crippen molar-refractivity contribution in [1.82, 2.24) is 0 Å². The van der Waals surface area contributed by atoms with Gasteiger partial charge in [0.2, 0.25) is 0 Å². The summed E-state index contributed by atoms with van der Waals surface area (Å²) < 4.78 is 0. The Morgan fingerprint density at radius 3 is 2.56 bits per heavy atom. The molecule has 1 heteroatoms. The molecular weight excluding hydrogens is 196 g/mol. The van der Waals surface area contributed by atoms with Crippen LogP contribution in [0.3, 0.4) is 0 Å². The lowest BCUT2D eigenvalue weighted by Gasteiger charge is -2.54. The van der Waals surface area contributed by atoms with Gasteiger partial charge in [-0.15, -0.1) is 0 Å². The molecule has 0 amide bonds. The second-order valence-electron chi connectivity index (χ2n) is 6.74. The number of allylic oxidation sites excluding steroid dienone is 1. The molecule has 4 atom stereocenters. The fourth-order valence-corrected chi connectivity index (χ4v) is 4.31. The van der Waals surface area contributed by atoms with Gasteiger partial charge in [-0.3, -0.25) is 0 Å². The first-order valence-electron chi connectivity index (χ1n) is 6.73. The van der Waals surface area contributed by atoms with Crippen LogP contribution >= 0.6 is 0 Å². The third-order valence-electron chi connectivity index (χ3n) is 5.24. The Hall–Kier alpha value is -0.300. The molecule has 2 fully saturated rings. The molecule has 1 N–H and O–H groups in total. The Morgan fingerprint density at radius 1 is 1.25 bits per heavy atom. The van der Waals surface area contributed by atoms with Gasteiger partial charge in [0.15, 0.2) is 0 Å². The second kappa shape index (κ2) is 3.87. The third-order valence-corrected chi connectivity index (χ3v) is 5.24. The highest BCUT2D eigenvalue weighted by atomic mass is 16.3. The van der Waals surface area contributed by atoms with Gasteiger partial charge in [-0.1, -0.05) is 25.5 Å². The molecule has 0 heterocycles. The average Bonchev–Trinajstić information content (AvgIpc) is 2.15. The molecule has 0 bridgehead atoms. The summed E-state index contributed by atoms with van der Waals surface area (Å²) in [4.78, 5) is 0. The Bertz CT molecular complexity index is 292. The summed E-state index contributed by atoms with van der Waals surface area (Å²) >= 11 is 0. The monoisotopic (exact) mass is 222 g/mol. The van der Waals surface area contributed by atoms with Gasteiger partial charge in [0.1, 0.15) is 0 Å². The first kappa shape index (κ1) is 12.2. The van der Waals surface area contributed by atoms with Crippen LogP contribution in [0.2, 0.25) is 0 Å². The van der Waals surface area contributed by atoms with E-state index in [0.29, 0.717) is 17.3 Å². The van der Waals surface area contributed by atoms with E-state index in [1.165, 1.54) is 37.7 Å². The van der Waals surface area contributed by atoms with Gasteiger partial charge < -0.3 is 5.11 Å². The molecule has 2 aliphatic carbocycles. The highest BCUT2D eigenvalue weighted by Gasteiger charge is 2.50. The predicted molar refractivity (Wildman–Crippen MR) is 68.2 cm³/mol. The van der Waals surface area contributed by atoms with Crippen molar-refractivity contribution in [3.8, 4) is 0 Å². The normalized spacial score (nSPS) is 48.5. The zero-order chi connectivity index (χ0) is 12.0. The lowest BCUT2D eigenvalue weighted by Crippen LogP contribution is -2.51. The highest BCUT2D eigenvalue weighted by Crippen LogP contribution is 2.56. The van der Waals surface area contributed by atoms with Crippen LogP contribution in [0, 0.1) is 17.3 Å². The van der Waals surface area contributed by atoms with Crippen molar-refractivity contribution >= 4 is 0 Å². The number of rotatable bonds is 1. The van der Waals surface area contributed by atoms with Gasteiger partial charge in [0.25, 0.3) is 0 Å². The first-order chi connectivity index (χ1) is 7.35. The van der Waals surface area contributed by atoms with Crippen molar-refractivity contribution in [3.05, 3.63) is 12.2 Å². The SMILES string of the molecule is C=C(C)[C@H]1CC[C@H]2[C@@](C)(CCC[C@@]2(C)O)C1. The van der Waals surface area contributed by atoms with E-state index in [1.54, 1.807) is 0 Å². The minimum atomic E-state index is -0.424. The van der Waals surface area contributed by atoms with E-state index >= 15 is 0 Å². The number of hydrogen-bond acceptors (Lipinski definition) is 1. The maximum atomic E-state index is 10.5. The molecule has 2 aliphatic rings. The summed E-state index contributed by atoms with van der Waals surface area (Å²) in [6, 6.07) is 0. The van der Waals surface area contributed by atoms with Crippen LogP contribution in [0.15, 0.2) is 12.2 Å². The van der Waals surface area contributed by atoms with Crippen LogP contribution in [0.5, 0.6) is 0 Å². The zero-order valence-electron chi connectivity index (χ0n) is 11.1. The van der Waals surface area contributed by atoms with Gasteiger partial charge in [0, 0.05) is 0 Å². The van der Waals surface area contributed by atoms with Crippen molar-refractivity contribution in [2.75, 3.05) is 0 Å². The van der Waals surface area contributed by atoms with Crippen molar-refractivity contribution in [2.45, 2.75) is 64.9 Å². The standard InChI is InChI=1S/C15H26O/c1-11(2)12-6-7-13-14(3,10-12)8-5-9-15(13,4)16/h12-13,16H,1,5-10H2,2-4H3/t12-,13-,14-,15+/m0/s1. The van der Waals surface area contributed by atoms with Crippen LogP contribution < -0.4 is 0 Å². The topological polar surface area (TPSA) is 20.2 Å². The molecule has 1 nitrogen and oxygen atoms in total. The Morgan fingerprint density at radius 2 is 1.94 bits per heavy atom. The molecule has 0 saturated heterocycles. The van der Waals surface area contributed by atoms with Gasteiger partial charge in [-0.05, 0) is 63.2 Å². The van der Waals surface area contributed by atoms with E-state index in [1.807, 2.05) is 0 Å². The molecule has 0 aromatic heterocycles. The lowest BCUT2D eigenvalue weighted by molar-refractivity contribution is -0.120. The molecule has 16 heavy (non-hydrogen) atoms. The predicted octanol–water partition coefficient (Wildman–Crippen LogP) is 3.92. The summed E-state index contributed by atoms with van der Waals surface area (Å²) in [7, 11) is 0. The number of fused-ring (bicyclic) bond motifs is 1. The van der Waals surface area contributed by atoms with Gasteiger partial charge in [-0.2, -0.15) is 0 Å². The lowest BCUT2D eigenvalue weighted by atomic mass is 9.53. The van der Waals surface area contributed by atoms with Crippen molar-refractivity contribution < 1.29 is 5.11 Å². The Kier molecular flexibility index (Phi) is 2.94. The summed E-state index contributed by atoms with van der Waals surface area (Å²) in [5, 5.41) is 10.5. The van der Waals surface area contributed by atoms with E-state index in [0.717, 1.165) is 6.42 Å².